The van der Waals surface area contributed by atoms with Crippen LogP contribution in [0.25, 0.3) is 0 Å². The maximum absolute atomic E-state index is 12.5. The second-order valence-corrected chi connectivity index (χ2v) is 5.90. The van der Waals surface area contributed by atoms with Gasteiger partial charge in [-0.25, -0.2) is 0 Å². The van der Waals surface area contributed by atoms with Gasteiger partial charge in [-0.15, -0.1) is 0 Å². The molecule has 0 unspecified atom stereocenters. The number of β-amino-alcohol motifs (C(OH)–C–C–N with tert-alkyl or cyclic N) is 1. The molecule has 0 bridgehead atoms. The molecule has 0 aliphatic carbocycles. The fraction of sp³-hybridized carbons (Fsp3) is 0.278. The van der Waals surface area contributed by atoms with Gasteiger partial charge in [0.2, 0.25) is 0 Å². The number of hydrogen-bond acceptors (Lipinski definition) is 5. The predicted molar refractivity (Wildman–Crippen MR) is 90.4 cm³/mol. The monoisotopic (exact) mass is 326 g/mol. The molecule has 6 heteroatoms. The van der Waals surface area contributed by atoms with Crippen molar-refractivity contribution < 1.29 is 14.8 Å². The molecule has 124 valence electrons. The summed E-state index contributed by atoms with van der Waals surface area (Å²) in [6.45, 7) is 1.02. The highest BCUT2D eigenvalue weighted by atomic mass is 16.6. The van der Waals surface area contributed by atoms with Gasteiger partial charge in [-0.3, -0.25) is 14.9 Å². The molecule has 6 nitrogen and oxygen atoms in total. The molecule has 0 spiro atoms. The second-order valence-electron chi connectivity index (χ2n) is 5.90. The highest BCUT2D eigenvalue weighted by Crippen LogP contribution is 2.32. The van der Waals surface area contributed by atoms with Gasteiger partial charge in [0.1, 0.15) is 5.69 Å². The van der Waals surface area contributed by atoms with Crippen LogP contribution in [0, 0.1) is 10.1 Å². The van der Waals surface area contributed by atoms with E-state index < -0.39 is 11.0 Å². The Morgan fingerprint density at radius 3 is 2.58 bits per heavy atom. The molecular weight excluding hydrogens is 308 g/mol. The van der Waals surface area contributed by atoms with Crippen molar-refractivity contribution in [1.29, 1.82) is 0 Å². The SMILES string of the molecule is O=C(c1ccccc1)c1ccc(N2CCC[C@@H](O)C2)c([N+](=O)[O-])c1. The Labute approximate surface area is 139 Å². The number of rotatable bonds is 4. The molecule has 1 atom stereocenters. The van der Waals surface area contributed by atoms with E-state index in [4.69, 9.17) is 0 Å². The molecule has 0 amide bonds. The Hall–Kier alpha value is -2.73. The first-order valence-electron chi connectivity index (χ1n) is 7.87. The molecule has 1 saturated heterocycles. The molecule has 0 saturated carbocycles. The van der Waals surface area contributed by atoms with E-state index in [1.54, 1.807) is 36.4 Å². The minimum Gasteiger partial charge on any atom is -0.391 e. The fourth-order valence-corrected chi connectivity index (χ4v) is 3.01. The maximum Gasteiger partial charge on any atom is 0.293 e. The van der Waals surface area contributed by atoms with Crippen LogP contribution in [0.5, 0.6) is 0 Å². The van der Waals surface area contributed by atoms with E-state index >= 15 is 0 Å². The van der Waals surface area contributed by atoms with Crippen LogP contribution < -0.4 is 4.90 Å². The summed E-state index contributed by atoms with van der Waals surface area (Å²) in [6, 6.07) is 13.2. The van der Waals surface area contributed by atoms with Gasteiger partial charge in [0.25, 0.3) is 5.69 Å². The smallest absolute Gasteiger partial charge is 0.293 e. The number of benzene rings is 2. The molecule has 1 aliphatic heterocycles. The molecule has 24 heavy (non-hydrogen) atoms. The highest BCUT2D eigenvalue weighted by molar-refractivity contribution is 6.09. The first-order valence-corrected chi connectivity index (χ1v) is 7.87. The van der Waals surface area contributed by atoms with Crippen molar-refractivity contribution in [3.05, 3.63) is 69.8 Å². The summed E-state index contributed by atoms with van der Waals surface area (Å²) < 4.78 is 0. The van der Waals surface area contributed by atoms with Gasteiger partial charge >= 0.3 is 0 Å². The summed E-state index contributed by atoms with van der Waals surface area (Å²) in [4.78, 5) is 25.3. The van der Waals surface area contributed by atoms with Crippen LogP contribution in [0.1, 0.15) is 28.8 Å². The number of nitro groups is 1. The van der Waals surface area contributed by atoms with Gasteiger partial charge in [0.15, 0.2) is 5.78 Å². The van der Waals surface area contributed by atoms with Gasteiger partial charge in [-0.2, -0.15) is 0 Å². The fourth-order valence-electron chi connectivity index (χ4n) is 3.01. The number of piperidine rings is 1. The van der Waals surface area contributed by atoms with Crippen molar-refractivity contribution in [1.82, 2.24) is 0 Å². The normalized spacial score (nSPS) is 17.5. The van der Waals surface area contributed by atoms with E-state index in [1.807, 2.05) is 11.0 Å². The summed E-state index contributed by atoms with van der Waals surface area (Å²) in [5.74, 6) is -0.246. The topological polar surface area (TPSA) is 83.7 Å². The number of nitro benzene ring substituents is 1. The third-order valence-corrected chi connectivity index (χ3v) is 4.21. The average Bonchev–Trinajstić information content (AvgIpc) is 2.61. The summed E-state index contributed by atoms with van der Waals surface area (Å²) in [7, 11) is 0. The van der Waals surface area contributed by atoms with Crippen molar-refractivity contribution in [2.45, 2.75) is 18.9 Å². The van der Waals surface area contributed by atoms with Crippen molar-refractivity contribution in [3.63, 3.8) is 0 Å². The Kier molecular flexibility index (Phi) is 4.57. The molecule has 0 aromatic heterocycles. The molecule has 3 rings (SSSR count). The van der Waals surface area contributed by atoms with Crippen molar-refractivity contribution >= 4 is 17.2 Å². The van der Waals surface area contributed by atoms with Gasteiger partial charge < -0.3 is 10.0 Å². The second kappa shape index (κ2) is 6.80. The van der Waals surface area contributed by atoms with Gasteiger partial charge in [-0.05, 0) is 25.0 Å². The number of anilines is 1. The lowest BCUT2D eigenvalue weighted by molar-refractivity contribution is -0.384. The van der Waals surface area contributed by atoms with Crippen molar-refractivity contribution in [2.24, 2.45) is 0 Å². The highest BCUT2D eigenvalue weighted by Gasteiger charge is 2.26. The molecule has 2 aromatic carbocycles. The maximum atomic E-state index is 12.5. The Balaban J connectivity index is 1.96. The third kappa shape index (κ3) is 3.28. The molecule has 2 aromatic rings. The van der Waals surface area contributed by atoms with Crippen LogP contribution in [-0.2, 0) is 0 Å². The number of hydrogen-bond donors (Lipinski definition) is 1. The summed E-state index contributed by atoms with van der Waals surface area (Å²) >= 11 is 0. The average molecular weight is 326 g/mol. The first kappa shape index (κ1) is 16.1. The number of nitrogens with zero attached hydrogens (tertiary/aromatic N) is 2. The van der Waals surface area contributed by atoms with Crippen LogP contribution in [0.4, 0.5) is 11.4 Å². The van der Waals surface area contributed by atoms with E-state index in [1.165, 1.54) is 6.07 Å². The van der Waals surface area contributed by atoms with Crippen molar-refractivity contribution in [3.8, 4) is 0 Å². The van der Waals surface area contributed by atoms with Gasteiger partial charge in [0.05, 0.1) is 11.0 Å². The Morgan fingerprint density at radius 2 is 1.92 bits per heavy atom. The van der Waals surface area contributed by atoms with Crippen LogP contribution in [0.2, 0.25) is 0 Å². The molecule has 1 heterocycles. The lowest BCUT2D eigenvalue weighted by Crippen LogP contribution is -2.38. The quantitative estimate of drug-likeness (QED) is 0.530. The molecular formula is C18H18N2O4. The summed E-state index contributed by atoms with van der Waals surface area (Å²) in [5, 5.41) is 21.3. The first-order chi connectivity index (χ1) is 11.6. The van der Waals surface area contributed by atoms with Crippen LogP contribution in [0.3, 0.4) is 0 Å². The number of carbonyl (C=O) groups excluding carboxylic acids is 1. The summed E-state index contributed by atoms with van der Waals surface area (Å²) in [5.41, 5.74) is 1.12. The van der Waals surface area contributed by atoms with E-state index in [-0.39, 0.29) is 17.0 Å². The lowest BCUT2D eigenvalue weighted by atomic mass is 10.0. The Morgan fingerprint density at radius 1 is 1.17 bits per heavy atom. The zero-order valence-electron chi connectivity index (χ0n) is 13.1. The van der Waals surface area contributed by atoms with Gasteiger partial charge in [-0.1, -0.05) is 30.3 Å². The zero-order valence-corrected chi connectivity index (χ0v) is 13.1. The summed E-state index contributed by atoms with van der Waals surface area (Å²) in [6.07, 6.45) is 1.00. The zero-order chi connectivity index (χ0) is 17.1. The number of aliphatic hydroxyl groups is 1. The van der Waals surface area contributed by atoms with E-state index in [0.717, 1.165) is 6.42 Å². The van der Waals surface area contributed by atoms with Crippen LogP contribution in [0.15, 0.2) is 48.5 Å². The minimum absolute atomic E-state index is 0.106. The van der Waals surface area contributed by atoms with E-state index in [2.05, 4.69) is 0 Å². The third-order valence-electron chi connectivity index (χ3n) is 4.21. The van der Waals surface area contributed by atoms with E-state index in [0.29, 0.717) is 30.8 Å². The number of ketones is 1. The standard InChI is InChI=1S/C18H18N2O4/c21-15-7-4-10-19(12-15)16-9-8-14(11-17(16)20(23)24)18(22)13-5-2-1-3-6-13/h1-3,5-6,8-9,11,15,21H,4,7,10,12H2/t15-/m1/s1. The lowest BCUT2D eigenvalue weighted by Gasteiger charge is -2.31. The van der Waals surface area contributed by atoms with Gasteiger partial charge in [0, 0.05) is 30.3 Å². The number of aliphatic hydroxyl groups excluding tert-OH is 1. The Bertz CT molecular complexity index is 761. The van der Waals surface area contributed by atoms with Crippen LogP contribution >= 0.6 is 0 Å². The molecule has 1 N–H and O–H groups in total. The molecule has 1 fully saturated rings. The van der Waals surface area contributed by atoms with E-state index in [9.17, 15) is 20.0 Å². The molecule has 1 aliphatic rings. The predicted octanol–water partition coefficient (Wildman–Crippen LogP) is 2.79. The largest absolute Gasteiger partial charge is 0.391 e. The number of carbonyl (C=O) groups is 1. The minimum atomic E-state index is -0.482. The molecule has 0 radical (unpaired) electrons. The van der Waals surface area contributed by atoms with Crippen molar-refractivity contribution in [2.75, 3.05) is 18.0 Å². The van der Waals surface area contributed by atoms with Crippen LogP contribution in [-0.4, -0.2) is 35.0 Å².